The predicted molar refractivity (Wildman–Crippen MR) is 82.5 cm³/mol. The minimum absolute atomic E-state index is 0.333. The van der Waals surface area contributed by atoms with Crippen molar-refractivity contribution < 1.29 is 0 Å². The van der Waals surface area contributed by atoms with Crippen LogP contribution in [0.15, 0.2) is 18.2 Å². The Morgan fingerprint density at radius 3 is 2.30 bits per heavy atom. The zero-order valence-electron chi connectivity index (χ0n) is 12.6. The Labute approximate surface area is 121 Å². The average Bonchev–Trinajstić information content (AvgIpc) is 2.45. The quantitative estimate of drug-likeness (QED) is 0.626. The van der Waals surface area contributed by atoms with Crippen LogP contribution in [0.25, 0.3) is 0 Å². The summed E-state index contributed by atoms with van der Waals surface area (Å²) >= 11 is 0. The number of fused-ring (bicyclic) bond motifs is 3. The Morgan fingerprint density at radius 2 is 1.80 bits per heavy atom. The van der Waals surface area contributed by atoms with Crippen molar-refractivity contribution in [2.75, 3.05) is 32.7 Å². The first-order valence-electron chi connectivity index (χ1n) is 7.65. The molecule has 2 atom stereocenters. The normalized spacial score (nSPS) is 30.4. The first-order valence-corrected chi connectivity index (χ1v) is 7.65. The summed E-state index contributed by atoms with van der Waals surface area (Å²) in [5.74, 6) is 5.86. The van der Waals surface area contributed by atoms with Crippen molar-refractivity contribution >= 4 is 0 Å². The predicted octanol–water partition coefficient (Wildman–Crippen LogP) is 0.678. The molecule has 1 aromatic rings. The highest BCUT2D eigenvalue weighted by atomic mass is 15.4. The zero-order chi connectivity index (χ0) is 14.1. The van der Waals surface area contributed by atoms with Crippen molar-refractivity contribution in [2.24, 2.45) is 5.84 Å². The van der Waals surface area contributed by atoms with E-state index in [-0.39, 0.29) is 0 Å². The van der Waals surface area contributed by atoms with Gasteiger partial charge in [0.15, 0.2) is 0 Å². The lowest BCUT2D eigenvalue weighted by molar-refractivity contribution is -0.00315. The van der Waals surface area contributed by atoms with E-state index in [0.717, 1.165) is 13.0 Å². The second-order valence-electron chi connectivity index (χ2n) is 6.38. The van der Waals surface area contributed by atoms with E-state index < -0.39 is 0 Å². The lowest BCUT2D eigenvalue weighted by Gasteiger charge is -2.50. The van der Waals surface area contributed by atoms with Gasteiger partial charge in [-0.25, -0.2) is 0 Å². The molecule has 3 heterocycles. The van der Waals surface area contributed by atoms with Gasteiger partial charge >= 0.3 is 0 Å². The molecular formula is C16H26N4. The second kappa shape index (κ2) is 5.82. The third-order valence-electron chi connectivity index (χ3n) is 4.74. The van der Waals surface area contributed by atoms with Crippen LogP contribution in [0.5, 0.6) is 0 Å². The Bertz CT molecular complexity index is 445. The van der Waals surface area contributed by atoms with Gasteiger partial charge in [0, 0.05) is 44.8 Å². The molecule has 3 fully saturated rings. The molecule has 110 valence electrons. The maximum absolute atomic E-state index is 5.86. The number of rotatable bonds is 4. The fourth-order valence-corrected chi connectivity index (χ4v) is 3.79. The standard InChI is InChI=1S/C16H26N4/c1-12-7-13(2)9-14(8-12)10-15(18-17)16-11-19-3-5-20(16)6-4-19/h7-9,15-16,18H,3-6,10-11,17H2,1-2H3. The summed E-state index contributed by atoms with van der Waals surface area (Å²) in [5, 5.41) is 0. The van der Waals surface area contributed by atoms with Crippen LogP contribution in [0.4, 0.5) is 0 Å². The molecule has 0 aromatic heterocycles. The Balaban J connectivity index is 1.73. The van der Waals surface area contributed by atoms with Crippen LogP contribution < -0.4 is 11.3 Å². The molecule has 3 aliphatic rings. The Kier molecular flexibility index (Phi) is 4.08. The lowest BCUT2D eigenvalue weighted by Crippen LogP contribution is -2.67. The smallest absolute Gasteiger partial charge is 0.0418 e. The van der Waals surface area contributed by atoms with Crippen molar-refractivity contribution in [3.05, 3.63) is 34.9 Å². The van der Waals surface area contributed by atoms with Crippen LogP contribution in [-0.4, -0.2) is 54.6 Å². The molecule has 0 spiro atoms. The lowest BCUT2D eigenvalue weighted by atomic mass is 9.93. The maximum atomic E-state index is 5.86. The average molecular weight is 274 g/mol. The molecule has 4 rings (SSSR count). The van der Waals surface area contributed by atoms with Gasteiger partial charge in [0.2, 0.25) is 0 Å². The Morgan fingerprint density at radius 1 is 1.15 bits per heavy atom. The van der Waals surface area contributed by atoms with Crippen LogP contribution in [-0.2, 0) is 6.42 Å². The van der Waals surface area contributed by atoms with Crippen molar-refractivity contribution in [1.29, 1.82) is 0 Å². The van der Waals surface area contributed by atoms with E-state index >= 15 is 0 Å². The molecule has 0 saturated carbocycles. The van der Waals surface area contributed by atoms with Crippen molar-refractivity contribution in [3.8, 4) is 0 Å². The highest BCUT2D eigenvalue weighted by Crippen LogP contribution is 2.21. The monoisotopic (exact) mass is 274 g/mol. The van der Waals surface area contributed by atoms with Gasteiger partial charge in [-0.2, -0.15) is 0 Å². The van der Waals surface area contributed by atoms with Crippen LogP contribution >= 0.6 is 0 Å². The SMILES string of the molecule is Cc1cc(C)cc(CC(NN)C2CN3CCN2CC3)c1. The zero-order valence-corrected chi connectivity index (χ0v) is 12.6. The largest absolute Gasteiger partial charge is 0.299 e. The number of nitrogens with two attached hydrogens (primary N) is 1. The highest BCUT2D eigenvalue weighted by molar-refractivity contribution is 5.29. The van der Waals surface area contributed by atoms with E-state index in [1.807, 2.05) is 0 Å². The molecule has 2 bridgehead atoms. The van der Waals surface area contributed by atoms with Crippen LogP contribution in [0.2, 0.25) is 0 Å². The minimum Gasteiger partial charge on any atom is -0.299 e. The highest BCUT2D eigenvalue weighted by Gasteiger charge is 2.36. The molecule has 2 unspecified atom stereocenters. The molecular weight excluding hydrogens is 248 g/mol. The number of nitrogens with one attached hydrogen (secondary N) is 1. The summed E-state index contributed by atoms with van der Waals surface area (Å²) in [4.78, 5) is 5.17. The van der Waals surface area contributed by atoms with Gasteiger partial charge in [-0.05, 0) is 25.8 Å². The number of hydrazine groups is 1. The topological polar surface area (TPSA) is 44.5 Å². The van der Waals surface area contributed by atoms with Gasteiger partial charge < -0.3 is 0 Å². The summed E-state index contributed by atoms with van der Waals surface area (Å²) in [6, 6.07) is 7.68. The summed E-state index contributed by atoms with van der Waals surface area (Å²) in [6.45, 7) is 10.3. The first kappa shape index (κ1) is 14.0. The third kappa shape index (κ3) is 2.88. The van der Waals surface area contributed by atoms with Crippen LogP contribution in [0.3, 0.4) is 0 Å². The third-order valence-corrected chi connectivity index (χ3v) is 4.74. The van der Waals surface area contributed by atoms with Crippen LogP contribution in [0.1, 0.15) is 16.7 Å². The van der Waals surface area contributed by atoms with Crippen molar-refractivity contribution in [1.82, 2.24) is 15.2 Å². The molecule has 4 nitrogen and oxygen atoms in total. The second-order valence-corrected chi connectivity index (χ2v) is 6.38. The molecule has 4 heteroatoms. The fourth-order valence-electron chi connectivity index (χ4n) is 3.79. The summed E-state index contributed by atoms with van der Waals surface area (Å²) in [7, 11) is 0. The molecule has 20 heavy (non-hydrogen) atoms. The molecule has 3 saturated heterocycles. The van der Waals surface area contributed by atoms with Gasteiger partial charge in [-0.15, -0.1) is 0 Å². The van der Waals surface area contributed by atoms with E-state index in [1.54, 1.807) is 0 Å². The van der Waals surface area contributed by atoms with Gasteiger partial charge in [0.1, 0.15) is 0 Å². The molecule has 3 aliphatic heterocycles. The van der Waals surface area contributed by atoms with E-state index in [1.165, 1.54) is 42.9 Å². The summed E-state index contributed by atoms with van der Waals surface area (Å²) in [5.41, 5.74) is 7.14. The molecule has 1 aromatic carbocycles. The number of nitrogens with zero attached hydrogens (tertiary/aromatic N) is 2. The maximum Gasteiger partial charge on any atom is 0.0418 e. The number of hydrogen-bond donors (Lipinski definition) is 2. The van der Waals surface area contributed by atoms with E-state index in [0.29, 0.717) is 12.1 Å². The minimum atomic E-state index is 0.333. The van der Waals surface area contributed by atoms with Crippen molar-refractivity contribution in [2.45, 2.75) is 32.4 Å². The van der Waals surface area contributed by atoms with E-state index in [4.69, 9.17) is 5.84 Å². The van der Waals surface area contributed by atoms with E-state index in [2.05, 4.69) is 47.3 Å². The number of piperazine rings is 3. The first-order chi connectivity index (χ1) is 9.65. The number of aryl methyl sites for hydroxylation is 2. The van der Waals surface area contributed by atoms with Gasteiger partial charge in [-0.1, -0.05) is 29.3 Å². The van der Waals surface area contributed by atoms with Crippen LogP contribution in [0, 0.1) is 13.8 Å². The molecule has 3 N–H and O–H groups in total. The fraction of sp³-hybridized carbons (Fsp3) is 0.625. The van der Waals surface area contributed by atoms with Gasteiger partial charge in [0.25, 0.3) is 0 Å². The van der Waals surface area contributed by atoms with Gasteiger partial charge in [0.05, 0.1) is 0 Å². The summed E-state index contributed by atoms with van der Waals surface area (Å²) in [6.07, 6.45) is 1.01. The number of benzene rings is 1. The summed E-state index contributed by atoms with van der Waals surface area (Å²) < 4.78 is 0. The van der Waals surface area contributed by atoms with Crippen molar-refractivity contribution in [3.63, 3.8) is 0 Å². The molecule has 0 radical (unpaired) electrons. The van der Waals surface area contributed by atoms with Gasteiger partial charge in [-0.3, -0.25) is 21.1 Å². The molecule has 0 aliphatic carbocycles. The van der Waals surface area contributed by atoms with E-state index in [9.17, 15) is 0 Å². The number of hydrogen-bond acceptors (Lipinski definition) is 4. The molecule has 0 amide bonds. The Hall–Kier alpha value is -0.940.